The van der Waals surface area contributed by atoms with Crippen LogP contribution in [0.3, 0.4) is 0 Å². The monoisotopic (exact) mass is 973 g/mol. The van der Waals surface area contributed by atoms with Gasteiger partial charge in [-0.05, 0) is 96.3 Å². The molecule has 1 aromatic carbocycles. The van der Waals surface area contributed by atoms with Gasteiger partial charge in [0.25, 0.3) is 5.91 Å². The van der Waals surface area contributed by atoms with Crippen molar-refractivity contribution in [3.63, 3.8) is 0 Å². The van der Waals surface area contributed by atoms with Gasteiger partial charge in [-0.2, -0.15) is 0 Å². The number of fused-ring (bicyclic) bond motifs is 1. The van der Waals surface area contributed by atoms with Crippen LogP contribution < -0.4 is 15.6 Å². The maximum Gasteiger partial charge on any atom is 0.408 e. The fourth-order valence-electron chi connectivity index (χ4n) is 11.0. The number of alkyl carbamates (subject to hydrolysis) is 1. The van der Waals surface area contributed by atoms with E-state index >= 15 is 0 Å². The van der Waals surface area contributed by atoms with E-state index in [9.17, 15) is 19.2 Å². The van der Waals surface area contributed by atoms with Crippen LogP contribution >= 0.6 is 0 Å². The van der Waals surface area contributed by atoms with Crippen LogP contribution in [0.25, 0.3) is 22.2 Å². The number of rotatable bonds is 16. The summed E-state index contributed by atoms with van der Waals surface area (Å²) in [5.41, 5.74) is 9.19. The van der Waals surface area contributed by atoms with Crippen molar-refractivity contribution in [3.8, 4) is 11.3 Å². The molecule has 5 atom stereocenters. The third-order valence-electron chi connectivity index (χ3n) is 14.6. The Bertz CT molecular complexity index is 2400. The van der Waals surface area contributed by atoms with Crippen molar-refractivity contribution in [2.24, 2.45) is 10.8 Å². The summed E-state index contributed by atoms with van der Waals surface area (Å²) in [4.78, 5) is 65.7. The molecule has 18 heteroatoms. The third kappa shape index (κ3) is 11.0. The Morgan fingerprint density at radius 2 is 1.77 bits per heavy atom. The fraction of sp³-hybridized carbons (Fsp3) is 0.673. The van der Waals surface area contributed by atoms with E-state index in [4.69, 9.17) is 33.4 Å². The van der Waals surface area contributed by atoms with Crippen LogP contribution in [0.15, 0.2) is 30.5 Å². The Morgan fingerprint density at radius 3 is 2.40 bits per heavy atom. The van der Waals surface area contributed by atoms with Gasteiger partial charge in [0, 0.05) is 111 Å². The number of hydrogen-bond donors (Lipinski definition) is 2. The first kappa shape index (κ1) is 51.5. The van der Waals surface area contributed by atoms with Gasteiger partial charge < -0.3 is 48.1 Å². The molecule has 0 aliphatic carbocycles. The number of anilines is 1. The lowest BCUT2D eigenvalue weighted by Crippen LogP contribution is -2.76. The summed E-state index contributed by atoms with van der Waals surface area (Å²) in [5.74, 6) is -0.792. The van der Waals surface area contributed by atoms with Crippen molar-refractivity contribution in [1.82, 2.24) is 35.1 Å². The molecule has 8 rings (SSSR count). The number of hydrazine groups is 1. The molecule has 7 heterocycles. The highest BCUT2D eigenvalue weighted by molar-refractivity contribution is 5.95. The van der Waals surface area contributed by atoms with Crippen LogP contribution in [0.2, 0.25) is 0 Å². The number of benzene rings is 1. The number of nitrogens with zero attached hydrogens (tertiary/aromatic N) is 6. The number of ether oxygens (including phenoxy) is 6. The molecule has 0 saturated carbocycles. The second kappa shape index (κ2) is 20.7. The molecule has 2 N–H and O–H groups in total. The first-order valence-electron chi connectivity index (χ1n) is 25.1. The highest BCUT2D eigenvalue weighted by atomic mass is 16.6. The second-order valence-electron chi connectivity index (χ2n) is 22.1. The lowest BCUT2D eigenvalue weighted by atomic mass is 9.75. The van der Waals surface area contributed by atoms with Gasteiger partial charge in [0.15, 0.2) is 0 Å². The van der Waals surface area contributed by atoms with Crippen LogP contribution in [-0.2, 0) is 55.8 Å². The quantitative estimate of drug-likeness (QED) is 0.144. The summed E-state index contributed by atoms with van der Waals surface area (Å²) in [5, 5.41) is 5.53. The Morgan fingerprint density at radius 1 is 1.03 bits per heavy atom. The summed E-state index contributed by atoms with van der Waals surface area (Å²) >= 11 is 0. The predicted molar refractivity (Wildman–Crippen MR) is 264 cm³/mol. The van der Waals surface area contributed by atoms with Crippen molar-refractivity contribution in [2.75, 3.05) is 98.4 Å². The van der Waals surface area contributed by atoms with Crippen LogP contribution in [0.5, 0.6) is 0 Å². The number of likely N-dealkylation sites (tertiary alicyclic amines) is 2. The fourth-order valence-corrected chi connectivity index (χ4v) is 11.0. The molecule has 5 aliphatic heterocycles. The van der Waals surface area contributed by atoms with Crippen molar-refractivity contribution >= 4 is 40.5 Å². The molecule has 5 saturated heterocycles. The van der Waals surface area contributed by atoms with Crippen LogP contribution in [0.1, 0.15) is 97.1 Å². The number of morpholine rings is 1. The largest absolute Gasteiger partial charge is 0.468 e. The van der Waals surface area contributed by atoms with Gasteiger partial charge in [-0.3, -0.25) is 29.3 Å². The maximum atomic E-state index is 15.0. The van der Waals surface area contributed by atoms with Gasteiger partial charge in [0.2, 0.25) is 0 Å². The molecular weight excluding hydrogens is 897 g/mol. The minimum atomic E-state index is -1.11. The van der Waals surface area contributed by atoms with E-state index in [2.05, 4.69) is 82.1 Å². The SMILES string of the molecule is CCn1c(-c2cc(C3CN(C)C3)cnc2[C@H](C)OC)c(CC(C)(C)COC(C)=O)c2cc(N3CCO[C@@H]([C@H]([C@H](NC(=O)OC(C)(C)C)C(=O)N4CCC[C@@H](C(=O)OC)N4)N4CC5(COC5)C4)C3)ccc21. The van der Waals surface area contributed by atoms with E-state index < -0.39 is 53.2 Å². The molecule has 70 heavy (non-hydrogen) atoms. The number of likely N-dealkylation sites (N-methyl/N-ethyl adjacent to an activating group) is 1. The maximum absolute atomic E-state index is 15.0. The zero-order chi connectivity index (χ0) is 50.3. The second-order valence-corrected chi connectivity index (χ2v) is 22.1. The zero-order valence-electron chi connectivity index (χ0n) is 43.2. The molecule has 0 bridgehead atoms. The number of carbonyl (C=O) groups excluding carboxylic acids is 4. The van der Waals surface area contributed by atoms with Crippen molar-refractivity contribution in [1.29, 1.82) is 0 Å². The number of carbonyl (C=O) groups is 4. The van der Waals surface area contributed by atoms with Crippen molar-refractivity contribution in [3.05, 3.63) is 47.3 Å². The normalized spacial score (nSPS) is 22.4. The van der Waals surface area contributed by atoms with Crippen molar-refractivity contribution < 1.29 is 47.6 Å². The van der Waals surface area contributed by atoms with Gasteiger partial charge >= 0.3 is 18.0 Å². The van der Waals surface area contributed by atoms with E-state index in [0.717, 1.165) is 52.2 Å². The minimum absolute atomic E-state index is 0.0233. The Balaban J connectivity index is 1.20. The van der Waals surface area contributed by atoms with Gasteiger partial charge in [-0.1, -0.05) is 13.8 Å². The number of hydrogen-bond acceptors (Lipinski definition) is 15. The summed E-state index contributed by atoms with van der Waals surface area (Å²) in [6.45, 7) is 22.5. The van der Waals surface area contributed by atoms with Gasteiger partial charge in [-0.25, -0.2) is 10.2 Å². The molecule has 5 aliphatic rings. The van der Waals surface area contributed by atoms with Gasteiger partial charge in [-0.15, -0.1) is 0 Å². The van der Waals surface area contributed by atoms with Crippen LogP contribution in [-0.4, -0.2) is 172 Å². The topological polar surface area (TPSA) is 178 Å². The summed E-state index contributed by atoms with van der Waals surface area (Å²) in [7, 11) is 5.18. The standard InChI is InChI=1S/C52H76N8O10/c1-12-59-41-16-15-36(21-37(41)39(22-51(7,8)29-69-33(3)61)45(59)38-20-34(35-24-56(9)25-35)23-53-43(38)32(2)65-10)57-18-19-68-42(26-57)46(58-27-52(28-58)30-67-31-52)44(54-49(64)70-50(4,5)6)47(62)60-17-13-14-40(55-60)48(63)66-11/h15-16,20-21,23,32,35,40,42,44,46,55H,12-14,17-19,22,24-31H2,1-11H3,(H,54,64)/t32-,40-,42+,44-,46+/m0/s1. The zero-order valence-corrected chi connectivity index (χ0v) is 43.2. The van der Waals surface area contributed by atoms with Crippen LogP contribution in [0.4, 0.5) is 10.5 Å². The van der Waals surface area contributed by atoms with E-state index in [1.807, 2.05) is 13.1 Å². The van der Waals surface area contributed by atoms with E-state index in [1.54, 1.807) is 27.9 Å². The van der Waals surface area contributed by atoms with Crippen molar-refractivity contribution in [2.45, 2.75) is 123 Å². The number of pyridine rings is 1. The predicted octanol–water partition coefficient (Wildman–Crippen LogP) is 5.06. The number of aryl methyl sites for hydroxylation is 1. The third-order valence-corrected chi connectivity index (χ3v) is 14.6. The smallest absolute Gasteiger partial charge is 0.408 e. The van der Waals surface area contributed by atoms with E-state index in [1.165, 1.54) is 24.6 Å². The molecule has 1 spiro atoms. The number of nitrogens with one attached hydrogen (secondary N) is 2. The summed E-state index contributed by atoms with van der Waals surface area (Å²) in [6.07, 6.45) is 2.16. The van der Waals surface area contributed by atoms with Gasteiger partial charge in [0.1, 0.15) is 17.7 Å². The Kier molecular flexibility index (Phi) is 15.2. The minimum Gasteiger partial charge on any atom is -0.468 e. The highest BCUT2D eigenvalue weighted by Gasteiger charge is 2.56. The molecule has 384 valence electrons. The molecular formula is C52H76N8O10. The average molecular weight is 973 g/mol. The van der Waals surface area contributed by atoms with Gasteiger partial charge in [0.05, 0.1) is 63.2 Å². The lowest BCUT2D eigenvalue weighted by molar-refractivity contribution is -0.212. The van der Waals surface area contributed by atoms with Crippen LogP contribution in [0, 0.1) is 10.8 Å². The number of esters is 2. The Labute approximate surface area is 412 Å². The molecule has 3 aromatic rings. The molecule has 2 amide bonds. The number of amides is 2. The summed E-state index contributed by atoms with van der Waals surface area (Å²) < 4.78 is 37.3. The van der Waals surface area contributed by atoms with E-state index in [0.29, 0.717) is 84.3 Å². The number of aromatic nitrogens is 2. The summed E-state index contributed by atoms with van der Waals surface area (Å²) in [6, 6.07) is 6.53. The molecule has 0 unspecified atom stereocenters. The first-order chi connectivity index (χ1) is 33.2. The van der Waals surface area contributed by atoms with E-state index in [-0.39, 0.29) is 24.1 Å². The molecule has 18 nitrogen and oxygen atoms in total. The molecule has 5 fully saturated rings. The highest BCUT2D eigenvalue weighted by Crippen LogP contribution is 2.44. The Hall–Kier alpha value is -4.85. The molecule has 2 aromatic heterocycles. The molecule has 0 radical (unpaired) electrons. The number of methoxy groups -OCH3 is 2. The average Bonchev–Trinajstić information content (AvgIpc) is 3.59. The first-order valence-corrected chi connectivity index (χ1v) is 25.1. The lowest BCUT2D eigenvalue weighted by Gasteiger charge is -2.59.